The van der Waals surface area contributed by atoms with Gasteiger partial charge in [0.05, 0.1) is 0 Å². The predicted molar refractivity (Wildman–Crippen MR) is 85.8 cm³/mol. The SMILES string of the molecule is CCCNCc1cnc(N2CCCc3ccccc32)nc1. The number of rotatable bonds is 5. The summed E-state index contributed by atoms with van der Waals surface area (Å²) in [5.74, 6) is 0.807. The van der Waals surface area contributed by atoms with Crippen LogP contribution in [0.25, 0.3) is 0 Å². The van der Waals surface area contributed by atoms with Gasteiger partial charge in [-0.05, 0) is 37.4 Å². The standard InChI is InChI=1S/C17H22N4/c1-2-9-18-11-14-12-19-17(20-13-14)21-10-5-7-15-6-3-4-8-16(15)21/h3-4,6,8,12-13,18H,2,5,7,9-11H2,1H3. The molecule has 4 heteroatoms. The highest BCUT2D eigenvalue weighted by Gasteiger charge is 2.19. The summed E-state index contributed by atoms with van der Waals surface area (Å²) in [5, 5.41) is 3.37. The van der Waals surface area contributed by atoms with E-state index in [1.807, 2.05) is 12.4 Å². The molecular weight excluding hydrogens is 260 g/mol. The highest BCUT2D eigenvalue weighted by Crippen LogP contribution is 2.30. The lowest BCUT2D eigenvalue weighted by Gasteiger charge is -2.29. The Morgan fingerprint density at radius 3 is 2.81 bits per heavy atom. The highest BCUT2D eigenvalue weighted by molar-refractivity contribution is 5.63. The predicted octanol–water partition coefficient (Wildman–Crippen LogP) is 3.06. The second-order valence-corrected chi connectivity index (χ2v) is 5.45. The number of hydrogen-bond acceptors (Lipinski definition) is 4. The lowest BCUT2D eigenvalue weighted by Crippen LogP contribution is -2.26. The molecule has 0 unspecified atom stereocenters. The molecule has 0 bridgehead atoms. The quantitative estimate of drug-likeness (QED) is 0.856. The van der Waals surface area contributed by atoms with E-state index in [1.54, 1.807) is 0 Å². The molecule has 0 amide bonds. The Hall–Kier alpha value is -1.94. The number of aromatic nitrogens is 2. The van der Waals surface area contributed by atoms with Gasteiger partial charge in [-0.15, -0.1) is 0 Å². The number of para-hydroxylation sites is 1. The fourth-order valence-corrected chi connectivity index (χ4v) is 2.73. The van der Waals surface area contributed by atoms with Gasteiger partial charge >= 0.3 is 0 Å². The van der Waals surface area contributed by atoms with Crippen LogP contribution in [0.15, 0.2) is 36.7 Å². The second kappa shape index (κ2) is 6.68. The summed E-state index contributed by atoms with van der Waals surface area (Å²) >= 11 is 0. The smallest absolute Gasteiger partial charge is 0.229 e. The molecule has 0 saturated heterocycles. The highest BCUT2D eigenvalue weighted by atomic mass is 15.3. The first kappa shape index (κ1) is 14.0. The zero-order chi connectivity index (χ0) is 14.5. The second-order valence-electron chi connectivity index (χ2n) is 5.45. The van der Waals surface area contributed by atoms with Crippen molar-refractivity contribution in [1.29, 1.82) is 0 Å². The molecule has 1 N–H and O–H groups in total. The fraction of sp³-hybridized carbons (Fsp3) is 0.412. The maximum absolute atomic E-state index is 4.55. The van der Waals surface area contributed by atoms with Gasteiger partial charge in [-0.25, -0.2) is 9.97 Å². The molecule has 4 nitrogen and oxygen atoms in total. The van der Waals surface area contributed by atoms with Crippen LogP contribution in [0.4, 0.5) is 11.6 Å². The van der Waals surface area contributed by atoms with Crippen LogP contribution in [0.5, 0.6) is 0 Å². The van der Waals surface area contributed by atoms with E-state index in [4.69, 9.17) is 0 Å². The van der Waals surface area contributed by atoms with Crippen molar-refractivity contribution in [2.45, 2.75) is 32.7 Å². The number of benzene rings is 1. The van der Waals surface area contributed by atoms with Crippen molar-refractivity contribution in [2.24, 2.45) is 0 Å². The zero-order valence-electron chi connectivity index (χ0n) is 12.5. The molecule has 1 aliphatic rings. The zero-order valence-corrected chi connectivity index (χ0v) is 12.5. The lowest BCUT2D eigenvalue weighted by molar-refractivity contribution is 0.671. The minimum atomic E-state index is 0.807. The lowest BCUT2D eigenvalue weighted by atomic mass is 10.0. The van der Waals surface area contributed by atoms with Crippen LogP contribution >= 0.6 is 0 Å². The summed E-state index contributed by atoms with van der Waals surface area (Å²) in [6.45, 7) is 5.02. The Morgan fingerprint density at radius 2 is 2.00 bits per heavy atom. The van der Waals surface area contributed by atoms with Gasteiger partial charge in [0, 0.05) is 36.7 Å². The van der Waals surface area contributed by atoms with Crippen LogP contribution in [-0.2, 0) is 13.0 Å². The van der Waals surface area contributed by atoms with Gasteiger partial charge < -0.3 is 10.2 Å². The molecule has 2 aromatic rings. The van der Waals surface area contributed by atoms with E-state index >= 15 is 0 Å². The molecule has 0 fully saturated rings. The van der Waals surface area contributed by atoms with Crippen molar-refractivity contribution in [3.63, 3.8) is 0 Å². The summed E-state index contributed by atoms with van der Waals surface area (Å²) in [4.78, 5) is 11.3. The number of fused-ring (bicyclic) bond motifs is 1. The van der Waals surface area contributed by atoms with Crippen molar-refractivity contribution < 1.29 is 0 Å². The van der Waals surface area contributed by atoms with Gasteiger partial charge in [0.15, 0.2) is 0 Å². The average Bonchev–Trinajstić information content (AvgIpc) is 2.55. The Morgan fingerprint density at radius 1 is 1.19 bits per heavy atom. The van der Waals surface area contributed by atoms with E-state index in [-0.39, 0.29) is 0 Å². The number of nitrogens with zero attached hydrogens (tertiary/aromatic N) is 3. The first-order valence-electron chi connectivity index (χ1n) is 7.75. The Labute approximate surface area is 126 Å². The summed E-state index contributed by atoms with van der Waals surface area (Å²) in [5.41, 5.74) is 3.78. The van der Waals surface area contributed by atoms with Crippen molar-refractivity contribution >= 4 is 11.6 Å². The molecule has 2 heterocycles. The third kappa shape index (κ3) is 3.22. The van der Waals surface area contributed by atoms with Crippen molar-refractivity contribution in [3.05, 3.63) is 47.8 Å². The Balaban J connectivity index is 1.76. The van der Waals surface area contributed by atoms with E-state index in [0.717, 1.165) is 50.4 Å². The topological polar surface area (TPSA) is 41.1 Å². The Kier molecular flexibility index (Phi) is 4.46. The average molecular weight is 282 g/mol. The van der Waals surface area contributed by atoms with E-state index in [0.29, 0.717) is 0 Å². The van der Waals surface area contributed by atoms with Gasteiger partial charge in [0.2, 0.25) is 5.95 Å². The molecule has 3 rings (SSSR count). The monoisotopic (exact) mass is 282 g/mol. The molecule has 0 aliphatic carbocycles. The molecule has 21 heavy (non-hydrogen) atoms. The first-order valence-corrected chi connectivity index (χ1v) is 7.75. The van der Waals surface area contributed by atoms with Crippen molar-refractivity contribution in [1.82, 2.24) is 15.3 Å². The maximum Gasteiger partial charge on any atom is 0.229 e. The van der Waals surface area contributed by atoms with Gasteiger partial charge in [-0.1, -0.05) is 25.1 Å². The van der Waals surface area contributed by atoms with Gasteiger partial charge in [0.25, 0.3) is 0 Å². The molecular formula is C17H22N4. The van der Waals surface area contributed by atoms with E-state index in [1.165, 1.54) is 11.3 Å². The van der Waals surface area contributed by atoms with Crippen LogP contribution in [0.2, 0.25) is 0 Å². The third-order valence-corrected chi connectivity index (χ3v) is 3.80. The molecule has 1 aliphatic heterocycles. The summed E-state index contributed by atoms with van der Waals surface area (Å²) in [6.07, 6.45) is 7.31. The minimum Gasteiger partial charge on any atom is -0.313 e. The van der Waals surface area contributed by atoms with E-state index in [9.17, 15) is 0 Å². The van der Waals surface area contributed by atoms with Crippen LogP contribution in [0.3, 0.4) is 0 Å². The van der Waals surface area contributed by atoms with Crippen LogP contribution in [-0.4, -0.2) is 23.1 Å². The van der Waals surface area contributed by atoms with E-state index < -0.39 is 0 Å². The third-order valence-electron chi connectivity index (χ3n) is 3.80. The molecule has 0 radical (unpaired) electrons. The molecule has 1 aromatic carbocycles. The first-order chi connectivity index (χ1) is 10.4. The fourth-order valence-electron chi connectivity index (χ4n) is 2.73. The maximum atomic E-state index is 4.55. The summed E-state index contributed by atoms with van der Waals surface area (Å²) < 4.78 is 0. The number of aryl methyl sites for hydroxylation is 1. The van der Waals surface area contributed by atoms with Gasteiger partial charge in [-0.3, -0.25) is 0 Å². The number of hydrogen-bond donors (Lipinski definition) is 1. The van der Waals surface area contributed by atoms with Gasteiger partial charge in [-0.2, -0.15) is 0 Å². The van der Waals surface area contributed by atoms with Crippen LogP contribution < -0.4 is 10.2 Å². The van der Waals surface area contributed by atoms with Gasteiger partial charge in [0.1, 0.15) is 0 Å². The van der Waals surface area contributed by atoms with Crippen molar-refractivity contribution in [3.8, 4) is 0 Å². The molecule has 0 spiro atoms. The van der Waals surface area contributed by atoms with E-state index in [2.05, 4.69) is 51.4 Å². The summed E-state index contributed by atoms with van der Waals surface area (Å²) in [7, 11) is 0. The molecule has 0 atom stereocenters. The van der Waals surface area contributed by atoms with Crippen LogP contribution in [0, 0.1) is 0 Å². The number of anilines is 2. The largest absolute Gasteiger partial charge is 0.313 e. The molecule has 110 valence electrons. The minimum absolute atomic E-state index is 0.807. The Bertz CT molecular complexity index is 580. The summed E-state index contributed by atoms with van der Waals surface area (Å²) in [6, 6.07) is 8.55. The molecule has 0 saturated carbocycles. The molecule has 1 aromatic heterocycles. The normalized spacial score (nSPS) is 14.0. The van der Waals surface area contributed by atoms with Crippen LogP contribution in [0.1, 0.15) is 30.9 Å². The number of nitrogens with one attached hydrogen (secondary N) is 1. The van der Waals surface area contributed by atoms with Crippen molar-refractivity contribution in [2.75, 3.05) is 18.0 Å².